The van der Waals surface area contributed by atoms with Crippen LogP contribution in [0.1, 0.15) is 24.0 Å². The van der Waals surface area contributed by atoms with Crippen LogP contribution in [0.2, 0.25) is 0 Å². The minimum absolute atomic E-state index is 0.210. The molecule has 1 aromatic carbocycles. The second-order valence-corrected chi connectivity index (χ2v) is 5.15. The van der Waals surface area contributed by atoms with E-state index in [0.717, 1.165) is 12.1 Å². The second-order valence-electron chi connectivity index (χ2n) is 5.15. The first-order chi connectivity index (χ1) is 9.72. The van der Waals surface area contributed by atoms with Gasteiger partial charge in [-0.1, -0.05) is 18.2 Å². The second kappa shape index (κ2) is 5.59. The van der Waals surface area contributed by atoms with Gasteiger partial charge in [-0.25, -0.2) is 9.37 Å². The fourth-order valence-corrected chi connectivity index (χ4v) is 1.94. The number of aromatic nitrogens is 1. The molecule has 20 heavy (non-hydrogen) atoms. The van der Waals surface area contributed by atoms with Crippen LogP contribution >= 0.6 is 0 Å². The van der Waals surface area contributed by atoms with E-state index in [2.05, 4.69) is 10.3 Å². The summed E-state index contributed by atoms with van der Waals surface area (Å²) < 4.78 is 19.3. The zero-order valence-electron chi connectivity index (χ0n) is 11.4. The predicted molar refractivity (Wildman–Crippen MR) is 75.3 cm³/mol. The first-order valence-electron chi connectivity index (χ1n) is 6.83. The lowest BCUT2D eigenvalue weighted by Crippen LogP contribution is -2.15. The van der Waals surface area contributed by atoms with Crippen LogP contribution < -0.4 is 10.1 Å². The fourth-order valence-electron chi connectivity index (χ4n) is 1.94. The van der Waals surface area contributed by atoms with Crippen molar-refractivity contribution in [2.24, 2.45) is 0 Å². The van der Waals surface area contributed by atoms with Crippen LogP contribution in [0.15, 0.2) is 36.5 Å². The summed E-state index contributed by atoms with van der Waals surface area (Å²) in [4.78, 5) is 4.21. The van der Waals surface area contributed by atoms with Crippen LogP contribution in [0.3, 0.4) is 0 Å². The van der Waals surface area contributed by atoms with Gasteiger partial charge in [-0.15, -0.1) is 0 Å². The van der Waals surface area contributed by atoms with Gasteiger partial charge in [-0.3, -0.25) is 0 Å². The third-order valence-electron chi connectivity index (χ3n) is 3.34. The lowest BCUT2D eigenvalue weighted by Gasteiger charge is -2.08. The van der Waals surface area contributed by atoms with Crippen LogP contribution in [0.4, 0.5) is 4.39 Å². The summed E-state index contributed by atoms with van der Waals surface area (Å²) in [6.45, 7) is 2.53. The summed E-state index contributed by atoms with van der Waals surface area (Å²) in [6.07, 6.45) is 4.29. The van der Waals surface area contributed by atoms with Gasteiger partial charge in [-0.05, 0) is 37.0 Å². The van der Waals surface area contributed by atoms with Crippen LogP contribution in [0.25, 0.3) is 0 Å². The molecule has 0 aliphatic heterocycles. The average Bonchev–Trinajstić information content (AvgIpc) is 3.27. The number of pyridine rings is 1. The highest BCUT2D eigenvalue weighted by molar-refractivity contribution is 5.33. The van der Waals surface area contributed by atoms with Gasteiger partial charge in [0.1, 0.15) is 0 Å². The number of nitrogens with zero attached hydrogens (tertiary/aromatic N) is 1. The quantitative estimate of drug-likeness (QED) is 0.903. The Labute approximate surface area is 117 Å². The molecule has 0 saturated heterocycles. The standard InChI is InChI=1S/C16H17FN2O/c1-11-3-2-4-14(16(11)17)20-15-8-5-12(10-19-15)9-18-13-6-7-13/h2-5,8,10,13,18H,6-7,9H2,1H3. The Bertz CT molecular complexity index is 594. The van der Waals surface area contributed by atoms with Crippen molar-refractivity contribution in [3.63, 3.8) is 0 Å². The lowest BCUT2D eigenvalue weighted by molar-refractivity contribution is 0.425. The molecule has 1 aromatic heterocycles. The highest BCUT2D eigenvalue weighted by Gasteiger charge is 2.19. The van der Waals surface area contributed by atoms with Crippen molar-refractivity contribution < 1.29 is 9.13 Å². The van der Waals surface area contributed by atoms with Gasteiger partial charge in [0.25, 0.3) is 0 Å². The number of benzene rings is 1. The third kappa shape index (κ3) is 3.14. The molecule has 1 aliphatic carbocycles. The van der Waals surface area contributed by atoms with Crippen molar-refractivity contribution in [1.29, 1.82) is 0 Å². The van der Waals surface area contributed by atoms with Crippen LogP contribution in [0, 0.1) is 12.7 Å². The molecule has 0 spiro atoms. The number of nitrogens with one attached hydrogen (secondary N) is 1. The van der Waals surface area contributed by atoms with Gasteiger partial charge in [0, 0.05) is 24.8 Å². The maximum Gasteiger partial charge on any atom is 0.219 e. The molecule has 3 rings (SSSR count). The Balaban J connectivity index is 1.66. The number of aryl methyl sites for hydroxylation is 1. The van der Waals surface area contributed by atoms with E-state index >= 15 is 0 Å². The Morgan fingerprint density at radius 2 is 2.15 bits per heavy atom. The summed E-state index contributed by atoms with van der Waals surface area (Å²) in [5, 5.41) is 3.42. The van der Waals surface area contributed by atoms with E-state index < -0.39 is 0 Å². The van der Waals surface area contributed by atoms with Crippen molar-refractivity contribution in [1.82, 2.24) is 10.3 Å². The Hall–Kier alpha value is -1.94. The normalized spacial score (nSPS) is 14.3. The Morgan fingerprint density at radius 1 is 1.30 bits per heavy atom. The molecule has 0 unspecified atom stereocenters. The van der Waals surface area contributed by atoms with Gasteiger partial charge < -0.3 is 10.1 Å². The van der Waals surface area contributed by atoms with Crippen molar-refractivity contribution in [2.45, 2.75) is 32.4 Å². The average molecular weight is 272 g/mol. The molecule has 0 atom stereocenters. The molecule has 1 fully saturated rings. The number of hydrogen-bond acceptors (Lipinski definition) is 3. The van der Waals surface area contributed by atoms with Gasteiger partial charge >= 0.3 is 0 Å². The van der Waals surface area contributed by atoms with E-state index in [0.29, 0.717) is 17.5 Å². The molecule has 0 bridgehead atoms. The minimum Gasteiger partial charge on any atom is -0.436 e. The zero-order chi connectivity index (χ0) is 13.9. The summed E-state index contributed by atoms with van der Waals surface area (Å²) in [5.41, 5.74) is 1.67. The SMILES string of the molecule is Cc1cccc(Oc2ccc(CNC3CC3)cn2)c1F. The van der Waals surface area contributed by atoms with Crippen molar-refractivity contribution >= 4 is 0 Å². The maximum atomic E-state index is 13.8. The topological polar surface area (TPSA) is 34.1 Å². The summed E-state index contributed by atoms with van der Waals surface area (Å²) >= 11 is 0. The molecule has 1 N–H and O–H groups in total. The molecule has 1 heterocycles. The largest absolute Gasteiger partial charge is 0.436 e. The van der Waals surface area contributed by atoms with E-state index in [1.807, 2.05) is 6.07 Å². The highest BCUT2D eigenvalue weighted by Crippen LogP contribution is 2.25. The highest BCUT2D eigenvalue weighted by atomic mass is 19.1. The number of ether oxygens (including phenoxy) is 1. The fraction of sp³-hybridized carbons (Fsp3) is 0.312. The summed E-state index contributed by atoms with van der Waals surface area (Å²) in [6, 6.07) is 9.47. The Morgan fingerprint density at radius 3 is 2.85 bits per heavy atom. The lowest BCUT2D eigenvalue weighted by atomic mass is 10.2. The minimum atomic E-state index is -0.339. The zero-order valence-corrected chi connectivity index (χ0v) is 11.4. The van der Waals surface area contributed by atoms with Crippen LogP contribution in [-0.4, -0.2) is 11.0 Å². The molecule has 104 valence electrons. The van der Waals surface area contributed by atoms with E-state index in [9.17, 15) is 4.39 Å². The molecule has 1 aliphatic rings. The predicted octanol–water partition coefficient (Wildman–Crippen LogP) is 3.57. The molecule has 0 radical (unpaired) electrons. The van der Waals surface area contributed by atoms with Gasteiger partial charge in [0.2, 0.25) is 5.88 Å². The first kappa shape index (κ1) is 13.1. The van der Waals surface area contributed by atoms with E-state index in [-0.39, 0.29) is 11.6 Å². The molecular weight excluding hydrogens is 255 g/mol. The van der Waals surface area contributed by atoms with E-state index in [1.54, 1.807) is 37.4 Å². The van der Waals surface area contributed by atoms with Gasteiger partial charge in [-0.2, -0.15) is 0 Å². The van der Waals surface area contributed by atoms with Crippen molar-refractivity contribution in [2.75, 3.05) is 0 Å². The van der Waals surface area contributed by atoms with Crippen molar-refractivity contribution in [3.05, 3.63) is 53.5 Å². The number of hydrogen-bond donors (Lipinski definition) is 1. The maximum absolute atomic E-state index is 13.8. The molecular formula is C16H17FN2O. The van der Waals surface area contributed by atoms with Crippen molar-refractivity contribution in [3.8, 4) is 11.6 Å². The molecule has 2 aromatic rings. The van der Waals surface area contributed by atoms with E-state index in [1.165, 1.54) is 12.8 Å². The smallest absolute Gasteiger partial charge is 0.219 e. The van der Waals surface area contributed by atoms with Gasteiger partial charge in [0.15, 0.2) is 11.6 Å². The van der Waals surface area contributed by atoms with Gasteiger partial charge in [0.05, 0.1) is 0 Å². The summed E-state index contributed by atoms with van der Waals surface area (Å²) in [7, 11) is 0. The van der Waals surface area contributed by atoms with Crippen LogP contribution in [-0.2, 0) is 6.54 Å². The molecule has 0 amide bonds. The van der Waals surface area contributed by atoms with Crippen LogP contribution in [0.5, 0.6) is 11.6 Å². The molecule has 1 saturated carbocycles. The first-order valence-corrected chi connectivity index (χ1v) is 6.83. The summed E-state index contributed by atoms with van der Waals surface area (Å²) in [5.74, 6) is 0.278. The molecule has 3 nitrogen and oxygen atoms in total. The third-order valence-corrected chi connectivity index (χ3v) is 3.34. The number of rotatable bonds is 5. The number of halogens is 1. The Kier molecular flexibility index (Phi) is 3.65. The molecule has 4 heteroatoms. The monoisotopic (exact) mass is 272 g/mol. The van der Waals surface area contributed by atoms with E-state index in [4.69, 9.17) is 4.74 Å².